The van der Waals surface area contributed by atoms with Crippen LogP contribution in [0.4, 0.5) is 5.69 Å². The summed E-state index contributed by atoms with van der Waals surface area (Å²) in [7, 11) is 0. The third-order valence-electron chi connectivity index (χ3n) is 2.20. The topological polar surface area (TPSA) is 75.2 Å². The molecule has 2 rings (SSSR count). The molecule has 1 aromatic heterocycles. The maximum absolute atomic E-state index is 11.3. The predicted octanol–water partition coefficient (Wildman–Crippen LogP) is 1.71. The molecule has 0 saturated heterocycles. The second kappa shape index (κ2) is 4.55. The van der Waals surface area contributed by atoms with E-state index in [1.807, 2.05) is 0 Å². The minimum atomic E-state index is -0.192. The molecule has 84 valence electrons. The number of benzene rings is 1. The average molecular weight is 227 g/mol. The largest absolute Gasteiger partial charge is 0.311 e. The van der Waals surface area contributed by atoms with Crippen molar-refractivity contribution in [2.45, 2.75) is 6.92 Å². The lowest BCUT2D eigenvalue weighted by Gasteiger charge is -2.01. The highest BCUT2D eigenvalue weighted by Crippen LogP contribution is 2.19. The Bertz CT molecular complexity index is 638. The Morgan fingerprint density at radius 2 is 2.00 bits per heavy atom. The van der Waals surface area contributed by atoms with Crippen molar-refractivity contribution in [2.75, 3.05) is 0 Å². The summed E-state index contributed by atoms with van der Waals surface area (Å²) in [5.74, 6) is 0.558. The number of nitrogens with one attached hydrogen (secondary N) is 1. The van der Waals surface area contributed by atoms with Gasteiger partial charge < -0.3 is 4.98 Å². The fraction of sp³-hybridized carbons (Fsp3) is 0.0833. The maximum Gasteiger partial charge on any atom is 0.251 e. The van der Waals surface area contributed by atoms with Crippen molar-refractivity contribution in [1.82, 2.24) is 9.97 Å². The standard InChI is InChI=1S/C12H9N3O2/c1-8-14-11(6-12(17)15-8)9-2-4-10(5-3-9)13-7-16/h2-6H,1H3,(H,14,15,17). The third kappa shape index (κ3) is 2.53. The van der Waals surface area contributed by atoms with Gasteiger partial charge in [-0.1, -0.05) is 12.1 Å². The summed E-state index contributed by atoms with van der Waals surface area (Å²) in [5.41, 5.74) is 1.71. The van der Waals surface area contributed by atoms with Gasteiger partial charge in [0.15, 0.2) is 0 Å². The zero-order valence-electron chi connectivity index (χ0n) is 9.10. The molecule has 1 N–H and O–H groups in total. The van der Waals surface area contributed by atoms with Gasteiger partial charge in [0.25, 0.3) is 5.56 Å². The second-order valence-electron chi connectivity index (χ2n) is 3.47. The summed E-state index contributed by atoms with van der Waals surface area (Å²) < 4.78 is 0. The molecule has 0 saturated carbocycles. The molecule has 0 aliphatic heterocycles. The molecule has 2 aromatic rings. The van der Waals surface area contributed by atoms with Crippen LogP contribution in [0.3, 0.4) is 0 Å². The third-order valence-corrected chi connectivity index (χ3v) is 2.20. The Morgan fingerprint density at radius 1 is 1.29 bits per heavy atom. The van der Waals surface area contributed by atoms with Gasteiger partial charge in [0.2, 0.25) is 6.08 Å². The van der Waals surface area contributed by atoms with E-state index in [4.69, 9.17) is 0 Å². The van der Waals surface area contributed by atoms with E-state index in [0.717, 1.165) is 5.56 Å². The number of aryl methyl sites for hydroxylation is 1. The minimum absolute atomic E-state index is 0.192. The van der Waals surface area contributed by atoms with Crippen LogP contribution in [0.1, 0.15) is 5.82 Å². The first-order valence-electron chi connectivity index (χ1n) is 4.95. The maximum atomic E-state index is 11.3. The van der Waals surface area contributed by atoms with Gasteiger partial charge in [-0.15, -0.1) is 0 Å². The summed E-state index contributed by atoms with van der Waals surface area (Å²) in [6, 6.07) is 8.25. The molecular weight excluding hydrogens is 218 g/mol. The lowest BCUT2D eigenvalue weighted by Crippen LogP contribution is -2.08. The Hall–Kier alpha value is -2.52. The van der Waals surface area contributed by atoms with E-state index >= 15 is 0 Å². The number of nitrogens with zero attached hydrogens (tertiary/aromatic N) is 2. The lowest BCUT2D eigenvalue weighted by atomic mass is 10.1. The molecule has 0 fully saturated rings. The van der Waals surface area contributed by atoms with Crippen molar-refractivity contribution in [2.24, 2.45) is 4.99 Å². The molecule has 5 heteroatoms. The van der Waals surface area contributed by atoms with Gasteiger partial charge in [-0.25, -0.2) is 9.78 Å². The van der Waals surface area contributed by atoms with Gasteiger partial charge in [-0.3, -0.25) is 4.79 Å². The molecule has 1 aromatic carbocycles. The van der Waals surface area contributed by atoms with Crippen molar-refractivity contribution in [3.63, 3.8) is 0 Å². The summed E-state index contributed by atoms with van der Waals surface area (Å²) in [6.07, 6.45) is 1.47. The van der Waals surface area contributed by atoms with Gasteiger partial charge in [-0.05, 0) is 19.1 Å². The smallest absolute Gasteiger partial charge is 0.251 e. The quantitative estimate of drug-likeness (QED) is 0.626. The molecule has 5 nitrogen and oxygen atoms in total. The van der Waals surface area contributed by atoms with Gasteiger partial charge in [0, 0.05) is 11.6 Å². The van der Waals surface area contributed by atoms with E-state index < -0.39 is 0 Å². The van der Waals surface area contributed by atoms with Gasteiger partial charge in [0.1, 0.15) is 5.82 Å². The van der Waals surface area contributed by atoms with Crippen LogP contribution in [-0.4, -0.2) is 16.0 Å². The first-order chi connectivity index (χ1) is 8.19. The lowest BCUT2D eigenvalue weighted by molar-refractivity contribution is 0.565. The van der Waals surface area contributed by atoms with Crippen LogP contribution in [0.25, 0.3) is 11.3 Å². The molecule has 0 aliphatic carbocycles. The fourth-order valence-corrected chi connectivity index (χ4v) is 1.49. The summed E-state index contributed by atoms with van der Waals surface area (Å²) >= 11 is 0. The van der Waals surface area contributed by atoms with E-state index in [-0.39, 0.29) is 5.56 Å². The van der Waals surface area contributed by atoms with Crippen molar-refractivity contribution >= 4 is 11.8 Å². The molecule has 0 unspecified atom stereocenters. The van der Waals surface area contributed by atoms with Crippen molar-refractivity contribution < 1.29 is 4.79 Å². The number of hydrogen-bond donors (Lipinski definition) is 1. The molecule has 0 amide bonds. The molecule has 0 bridgehead atoms. The van der Waals surface area contributed by atoms with Gasteiger partial charge in [0.05, 0.1) is 11.4 Å². The summed E-state index contributed by atoms with van der Waals surface area (Å²) in [6.45, 7) is 1.72. The number of hydrogen-bond acceptors (Lipinski definition) is 4. The van der Waals surface area contributed by atoms with E-state index in [1.165, 1.54) is 12.1 Å². The highest BCUT2D eigenvalue weighted by atomic mass is 16.1. The number of H-pyrrole nitrogens is 1. The van der Waals surface area contributed by atoms with E-state index in [9.17, 15) is 9.59 Å². The van der Waals surface area contributed by atoms with Crippen LogP contribution < -0.4 is 5.56 Å². The summed E-state index contributed by atoms with van der Waals surface area (Å²) in [4.78, 5) is 31.6. The number of rotatable bonds is 2. The van der Waals surface area contributed by atoms with Crippen molar-refractivity contribution in [3.8, 4) is 11.3 Å². The SMILES string of the molecule is Cc1nc(-c2ccc(N=C=O)cc2)cc(=O)[nH]1. The average Bonchev–Trinajstić information content (AvgIpc) is 2.29. The van der Waals surface area contributed by atoms with Crippen LogP contribution in [0.15, 0.2) is 40.1 Å². The molecule has 0 atom stereocenters. The van der Waals surface area contributed by atoms with Gasteiger partial charge in [-0.2, -0.15) is 4.99 Å². The Labute approximate surface area is 96.9 Å². The zero-order valence-corrected chi connectivity index (χ0v) is 9.10. The van der Waals surface area contributed by atoms with Crippen LogP contribution in [0.5, 0.6) is 0 Å². The first kappa shape index (κ1) is 11.0. The first-order valence-corrected chi connectivity index (χ1v) is 4.95. The normalized spacial score (nSPS) is 9.71. The van der Waals surface area contributed by atoms with Crippen molar-refractivity contribution in [1.29, 1.82) is 0 Å². The Morgan fingerprint density at radius 3 is 2.59 bits per heavy atom. The molecule has 0 radical (unpaired) electrons. The van der Waals surface area contributed by atoms with Crippen LogP contribution in [0.2, 0.25) is 0 Å². The predicted molar refractivity (Wildman–Crippen MR) is 62.8 cm³/mol. The van der Waals surface area contributed by atoms with Crippen molar-refractivity contribution in [3.05, 3.63) is 46.5 Å². The van der Waals surface area contributed by atoms with Gasteiger partial charge >= 0.3 is 0 Å². The number of aromatic nitrogens is 2. The van der Waals surface area contributed by atoms with Crippen LogP contribution in [-0.2, 0) is 4.79 Å². The Balaban J connectivity index is 2.46. The number of carbonyl (C=O) groups excluding carboxylic acids is 1. The highest BCUT2D eigenvalue weighted by molar-refractivity contribution is 5.62. The van der Waals surface area contributed by atoms with Crippen LogP contribution in [0, 0.1) is 6.92 Å². The molecule has 0 aliphatic rings. The molecular formula is C12H9N3O2. The van der Waals surface area contributed by atoms with E-state index in [1.54, 1.807) is 31.2 Å². The number of isocyanates is 1. The molecule has 0 spiro atoms. The Kier molecular flexibility index (Phi) is 2.94. The highest BCUT2D eigenvalue weighted by Gasteiger charge is 2.01. The minimum Gasteiger partial charge on any atom is -0.311 e. The number of aliphatic imine (C=N–C) groups is 1. The van der Waals surface area contributed by atoms with Crippen LogP contribution >= 0.6 is 0 Å². The fourth-order valence-electron chi connectivity index (χ4n) is 1.49. The zero-order chi connectivity index (χ0) is 12.3. The second-order valence-corrected chi connectivity index (χ2v) is 3.47. The summed E-state index contributed by atoms with van der Waals surface area (Å²) in [5, 5.41) is 0. The molecule has 1 heterocycles. The molecule has 17 heavy (non-hydrogen) atoms. The number of aromatic amines is 1. The van der Waals surface area contributed by atoms with E-state index in [0.29, 0.717) is 17.2 Å². The van der Waals surface area contributed by atoms with E-state index in [2.05, 4.69) is 15.0 Å². The monoisotopic (exact) mass is 227 g/mol.